The lowest BCUT2D eigenvalue weighted by atomic mass is 10.0. The normalized spacial score (nSPS) is 11.7. The molecule has 0 aromatic heterocycles. The van der Waals surface area contributed by atoms with Gasteiger partial charge in [0, 0.05) is 0 Å². The highest BCUT2D eigenvalue weighted by molar-refractivity contribution is 5.93. The van der Waals surface area contributed by atoms with E-state index in [-0.39, 0.29) is 0 Å². The molecule has 0 amide bonds. The first-order valence-corrected chi connectivity index (χ1v) is 6.48. The zero-order chi connectivity index (χ0) is 12.8. The molecule has 0 aliphatic rings. The molecular weight excluding hydrogens is 220 g/mol. The van der Waals surface area contributed by atoms with Crippen molar-refractivity contribution in [2.24, 2.45) is 0 Å². The van der Waals surface area contributed by atoms with Gasteiger partial charge in [0.15, 0.2) is 0 Å². The summed E-state index contributed by atoms with van der Waals surface area (Å²) in [6, 6.07) is 14.5. The Morgan fingerprint density at radius 3 is 2.67 bits per heavy atom. The van der Waals surface area contributed by atoms with Gasteiger partial charge in [-0.3, -0.25) is 4.79 Å². The molecule has 0 spiro atoms. The van der Waals surface area contributed by atoms with Gasteiger partial charge in [-0.1, -0.05) is 55.8 Å². The van der Waals surface area contributed by atoms with Crippen molar-refractivity contribution >= 4 is 23.1 Å². The monoisotopic (exact) mass is 238 g/mol. The summed E-state index contributed by atoms with van der Waals surface area (Å²) in [4.78, 5) is 11.1. The zero-order valence-electron chi connectivity index (χ0n) is 10.7. The van der Waals surface area contributed by atoms with Gasteiger partial charge in [-0.25, -0.2) is 0 Å². The van der Waals surface area contributed by atoms with E-state index in [0.717, 1.165) is 36.7 Å². The fraction of sp³-hybridized carbons (Fsp3) is 0.235. The van der Waals surface area contributed by atoms with E-state index in [4.69, 9.17) is 0 Å². The smallest absolute Gasteiger partial charge is 0.146 e. The van der Waals surface area contributed by atoms with Gasteiger partial charge in [0.05, 0.1) is 0 Å². The number of benzene rings is 2. The first-order valence-electron chi connectivity index (χ1n) is 6.48. The van der Waals surface area contributed by atoms with Gasteiger partial charge in [-0.2, -0.15) is 0 Å². The Hall–Kier alpha value is -1.89. The van der Waals surface area contributed by atoms with Crippen molar-refractivity contribution in [1.29, 1.82) is 0 Å². The minimum absolute atomic E-state index is 0.864. The van der Waals surface area contributed by atoms with E-state index < -0.39 is 0 Å². The van der Waals surface area contributed by atoms with Crippen LogP contribution in [-0.4, -0.2) is 6.29 Å². The van der Waals surface area contributed by atoms with Crippen LogP contribution in [0.25, 0.3) is 16.8 Å². The predicted molar refractivity (Wildman–Crippen MR) is 77.5 cm³/mol. The van der Waals surface area contributed by atoms with E-state index in [1.54, 1.807) is 0 Å². The Morgan fingerprint density at radius 2 is 1.89 bits per heavy atom. The van der Waals surface area contributed by atoms with Crippen molar-refractivity contribution in [3.05, 3.63) is 53.6 Å². The van der Waals surface area contributed by atoms with Crippen molar-refractivity contribution in [1.82, 2.24) is 0 Å². The van der Waals surface area contributed by atoms with E-state index in [1.165, 1.54) is 10.8 Å². The van der Waals surface area contributed by atoms with Crippen LogP contribution in [0.1, 0.15) is 31.7 Å². The summed E-state index contributed by atoms with van der Waals surface area (Å²) in [6.45, 7) is 2.14. The molecular formula is C17H18O. The van der Waals surface area contributed by atoms with Gasteiger partial charge < -0.3 is 0 Å². The van der Waals surface area contributed by atoms with E-state index in [0.29, 0.717) is 0 Å². The van der Waals surface area contributed by atoms with Crippen LogP contribution in [0.15, 0.2) is 48.0 Å². The molecule has 0 heterocycles. The van der Waals surface area contributed by atoms with Crippen molar-refractivity contribution in [2.75, 3.05) is 0 Å². The third-order valence-electron chi connectivity index (χ3n) is 3.13. The van der Waals surface area contributed by atoms with Gasteiger partial charge >= 0.3 is 0 Å². The van der Waals surface area contributed by atoms with Crippen LogP contribution in [0.3, 0.4) is 0 Å². The molecule has 1 heteroatoms. The van der Waals surface area contributed by atoms with Crippen LogP contribution in [0.4, 0.5) is 0 Å². The molecule has 0 atom stereocenters. The van der Waals surface area contributed by atoms with Crippen LogP contribution in [0, 0.1) is 0 Å². The molecule has 2 aromatic rings. The summed E-state index contributed by atoms with van der Waals surface area (Å²) in [6.07, 6.45) is 6.04. The van der Waals surface area contributed by atoms with E-state index in [2.05, 4.69) is 31.2 Å². The third-order valence-corrected chi connectivity index (χ3v) is 3.13. The minimum atomic E-state index is 0.864. The fourth-order valence-corrected chi connectivity index (χ4v) is 2.12. The van der Waals surface area contributed by atoms with Crippen molar-refractivity contribution in [3.8, 4) is 0 Å². The summed E-state index contributed by atoms with van der Waals surface area (Å²) in [5, 5.41) is 2.42. The topological polar surface area (TPSA) is 17.1 Å². The summed E-state index contributed by atoms with van der Waals surface area (Å²) in [5.41, 5.74) is 2.01. The maximum absolute atomic E-state index is 11.1. The molecule has 0 saturated carbocycles. The first-order chi connectivity index (χ1) is 8.85. The van der Waals surface area contributed by atoms with E-state index >= 15 is 0 Å². The second-order valence-electron chi connectivity index (χ2n) is 4.51. The molecule has 0 radical (unpaired) electrons. The Morgan fingerprint density at radius 1 is 1.11 bits per heavy atom. The summed E-state index contributed by atoms with van der Waals surface area (Å²) in [7, 11) is 0. The highest BCUT2D eigenvalue weighted by Crippen LogP contribution is 2.21. The molecule has 0 aliphatic carbocycles. The molecule has 1 nitrogen and oxygen atoms in total. The van der Waals surface area contributed by atoms with Gasteiger partial charge in [-0.15, -0.1) is 0 Å². The molecule has 18 heavy (non-hydrogen) atoms. The average molecular weight is 238 g/mol. The number of carbonyl (C=O) groups is 1. The number of hydrogen-bond donors (Lipinski definition) is 0. The number of aldehydes is 1. The average Bonchev–Trinajstić information content (AvgIpc) is 2.43. The standard InChI is InChI=1S/C17H18O/c1-2-3-7-14(13-18)12-16-10-6-9-15-8-4-5-11-17(15)16/h4-6,8-13H,2-3,7H2,1H3/b14-12+. The van der Waals surface area contributed by atoms with Crippen LogP contribution in [0.5, 0.6) is 0 Å². The van der Waals surface area contributed by atoms with Crippen LogP contribution >= 0.6 is 0 Å². The predicted octanol–water partition coefficient (Wildman–Crippen LogP) is 4.61. The number of fused-ring (bicyclic) bond motifs is 1. The number of rotatable bonds is 5. The second-order valence-corrected chi connectivity index (χ2v) is 4.51. The maximum Gasteiger partial charge on any atom is 0.146 e. The molecule has 0 saturated heterocycles. The quantitative estimate of drug-likeness (QED) is 0.549. The van der Waals surface area contributed by atoms with E-state index in [1.807, 2.05) is 24.3 Å². The van der Waals surface area contributed by atoms with Gasteiger partial charge in [0.2, 0.25) is 0 Å². The molecule has 0 bridgehead atoms. The lowest BCUT2D eigenvalue weighted by molar-refractivity contribution is -0.105. The zero-order valence-corrected chi connectivity index (χ0v) is 10.7. The number of hydrogen-bond acceptors (Lipinski definition) is 1. The lowest BCUT2D eigenvalue weighted by Gasteiger charge is -2.04. The molecule has 0 unspecified atom stereocenters. The molecule has 92 valence electrons. The molecule has 0 fully saturated rings. The second kappa shape index (κ2) is 6.15. The summed E-state index contributed by atoms with van der Waals surface area (Å²) >= 11 is 0. The Balaban J connectivity index is 2.41. The Bertz CT molecular complexity index is 561. The van der Waals surface area contributed by atoms with E-state index in [9.17, 15) is 4.79 Å². The number of carbonyl (C=O) groups excluding carboxylic acids is 1. The van der Waals surface area contributed by atoms with Gasteiger partial charge in [0.25, 0.3) is 0 Å². The first kappa shape index (κ1) is 12.6. The Kier molecular flexibility index (Phi) is 4.30. The van der Waals surface area contributed by atoms with Crippen LogP contribution < -0.4 is 0 Å². The number of unbranched alkanes of at least 4 members (excludes halogenated alkanes) is 1. The lowest BCUT2D eigenvalue weighted by Crippen LogP contribution is -1.86. The molecule has 2 aromatic carbocycles. The SMILES string of the molecule is CCCC/C(C=O)=C\c1cccc2ccccc12. The van der Waals surface area contributed by atoms with Crippen molar-refractivity contribution in [2.45, 2.75) is 26.2 Å². The Labute approximate surface area is 108 Å². The number of allylic oxidation sites excluding steroid dienone is 1. The highest BCUT2D eigenvalue weighted by Gasteiger charge is 2.00. The minimum Gasteiger partial charge on any atom is -0.298 e. The third kappa shape index (κ3) is 2.86. The molecule has 2 rings (SSSR count). The molecule has 0 aliphatic heterocycles. The van der Waals surface area contributed by atoms with Crippen LogP contribution in [-0.2, 0) is 4.79 Å². The summed E-state index contributed by atoms with van der Waals surface area (Å²) in [5.74, 6) is 0. The molecule has 0 N–H and O–H groups in total. The maximum atomic E-state index is 11.1. The van der Waals surface area contributed by atoms with Crippen molar-refractivity contribution < 1.29 is 4.79 Å². The largest absolute Gasteiger partial charge is 0.298 e. The van der Waals surface area contributed by atoms with Crippen LogP contribution in [0.2, 0.25) is 0 Å². The van der Waals surface area contributed by atoms with Gasteiger partial charge in [0.1, 0.15) is 6.29 Å². The van der Waals surface area contributed by atoms with Crippen molar-refractivity contribution in [3.63, 3.8) is 0 Å². The van der Waals surface area contributed by atoms with Gasteiger partial charge in [-0.05, 0) is 40.8 Å². The summed E-state index contributed by atoms with van der Waals surface area (Å²) < 4.78 is 0. The fourth-order valence-electron chi connectivity index (χ4n) is 2.12. The highest BCUT2D eigenvalue weighted by atomic mass is 16.1.